The number of aromatic nitrogens is 1. The van der Waals surface area contributed by atoms with Gasteiger partial charge in [0.25, 0.3) is 0 Å². The second kappa shape index (κ2) is 8.29. The second-order valence-corrected chi connectivity index (χ2v) is 8.52. The maximum atomic E-state index is 12.7. The maximum absolute atomic E-state index is 12.7. The molecule has 4 rings (SSSR count). The van der Waals surface area contributed by atoms with E-state index in [1.165, 1.54) is 40.2 Å². The van der Waals surface area contributed by atoms with Gasteiger partial charge in [-0.15, -0.1) is 11.3 Å². The van der Waals surface area contributed by atoms with Gasteiger partial charge in [0.15, 0.2) is 3.95 Å². The van der Waals surface area contributed by atoms with Crippen LogP contribution in [0.15, 0.2) is 53.5 Å². The zero-order valence-electron chi connectivity index (χ0n) is 16.3. The molecule has 0 bridgehead atoms. The number of carboxylic acid groups (broad SMARTS) is 1. The summed E-state index contributed by atoms with van der Waals surface area (Å²) in [4.78, 5) is 28.6. The largest absolute Gasteiger partial charge is 0.493 e. The van der Waals surface area contributed by atoms with E-state index < -0.39 is 12.0 Å². The summed E-state index contributed by atoms with van der Waals surface area (Å²) in [5.74, 6) is -1.53. The van der Waals surface area contributed by atoms with Crippen molar-refractivity contribution >= 4 is 64.7 Å². The number of aromatic carboxylic acids is 1. The first kappa shape index (κ1) is 20.7. The number of benzene rings is 2. The number of para-hydroxylation sites is 1. The Morgan fingerprint density at radius 3 is 2.61 bits per heavy atom. The van der Waals surface area contributed by atoms with E-state index in [9.17, 15) is 14.7 Å². The van der Waals surface area contributed by atoms with Crippen molar-refractivity contribution in [2.75, 3.05) is 5.32 Å². The van der Waals surface area contributed by atoms with E-state index in [2.05, 4.69) is 10.3 Å². The van der Waals surface area contributed by atoms with E-state index in [1.807, 2.05) is 24.3 Å². The first-order valence-electron chi connectivity index (χ1n) is 9.29. The van der Waals surface area contributed by atoms with E-state index in [-0.39, 0.29) is 17.4 Å². The van der Waals surface area contributed by atoms with E-state index in [0.717, 1.165) is 16.8 Å². The van der Waals surface area contributed by atoms with E-state index in [0.29, 0.717) is 14.5 Å². The molecule has 1 amide bonds. The Morgan fingerprint density at radius 2 is 1.90 bits per heavy atom. The van der Waals surface area contributed by atoms with Gasteiger partial charge in [-0.2, -0.15) is 0 Å². The number of anilines is 1. The number of nitrogens with one attached hydrogen (secondary N) is 1. The van der Waals surface area contributed by atoms with Gasteiger partial charge in [0, 0.05) is 23.0 Å². The van der Waals surface area contributed by atoms with Gasteiger partial charge in [-0.05, 0) is 55.5 Å². The Hall–Kier alpha value is -3.56. The molecule has 31 heavy (non-hydrogen) atoms. The second-order valence-electron chi connectivity index (χ2n) is 6.85. The number of hydrogen-bond acceptors (Lipinski definition) is 6. The average Bonchev–Trinajstić information content (AvgIpc) is 3.28. The van der Waals surface area contributed by atoms with Crippen LogP contribution in [-0.4, -0.2) is 32.9 Å². The fourth-order valence-electron chi connectivity index (χ4n) is 3.18. The number of aliphatic imine (C=N–C) groups is 1. The molecule has 1 unspecified atom stereocenters. The predicted molar refractivity (Wildman–Crippen MR) is 124 cm³/mol. The quantitative estimate of drug-likeness (QED) is 0.466. The smallest absolute Gasteiger partial charge is 0.335 e. The number of thiazole rings is 1. The van der Waals surface area contributed by atoms with Crippen LogP contribution in [0.4, 0.5) is 11.4 Å². The lowest BCUT2D eigenvalue weighted by Gasteiger charge is -2.15. The minimum atomic E-state index is -1.04. The summed E-state index contributed by atoms with van der Waals surface area (Å²) >= 11 is 6.60. The predicted octanol–water partition coefficient (Wildman–Crippen LogP) is 5.14. The summed E-state index contributed by atoms with van der Waals surface area (Å²) in [7, 11) is 0. The summed E-state index contributed by atoms with van der Waals surface area (Å²) in [5.41, 5.74) is 3.24. The molecule has 2 heterocycles. The topological polar surface area (TPSA) is 104 Å². The Labute approximate surface area is 186 Å². The van der Waals surface area contributed by atoms with Gasteiger partial charge in [0.2, 0.25) is 11.8 Å². The summed E-state index contributed by atoms with van der Waals surface area (Å²) in [5, 5.41) is 22.5. The van der Waals surface area contributed by atoms with Crippen molar-refractivity contribution < 1.29 is 19.8 Å². The number of carbonyl (C=O) groups is 2. The Kier molecular flexibility index (Phi) is 5.53. The fourth-order valence-corrected chi connectivity index (χ4v) is 4.61. The molecule has 1 aromatic heterocycles. The van der Waals surface area contributed by atoms with Crippen molar-refractivity contribution in [3.63, 3.8) is 0 Å². The lowest BCUT2D eigenvalue weighted by atomic mass is 10.1. The van der Waals surface area contributed by atoms with Crippen molar-refractivity contribution in [1.82, 2.24) is 4.57 Å². The molecule has 0 saturated heterocycles. The van der Waals surface area contributed by atoms with Gasteiger partial charge >= 0.3 is 5.97 Å². The molecule has 1 aliphatic heterocycles. The Balaban J connectivity index is 1.58. The minimum absolute atomic E-state index is 0.0934. The standard InChI is InChI=1S/C22H17N3O4S2/c1-12(19(26)24-15-8-6-13(7-9-15)21(28)29)25-20(27)18(31-22(25)30)10-14-11-23-17-5-3-2-4-16(14)17/h2-12,27H,1H3,(H,24,26)(H,28,29)/b14-10+. The van der Waals surface area contributed by atoms with Crippen LogP contribution in [0.1, 0.15) is 33.8 Å². The molecule has 3 N–H and O–H groups in total. The van der Waals surface area contributed by atoms with Crippen LogP contribution in [0.2, 0.25) is 0 Å². The normalized spacial score (nSPS) is 14.4. The molecule has 0 aliphatic carbocycles. The highest BCUT2D eigenvalue weighted by atomic mass is 32.1. The summed E-state index contributed by atoms with van der Waals surface area (Å²) in [6.45, 7) is 1.63. The zero-order valence-corrected chi connectivity index (χ0v) is 17.9. The van der Waals surface area contributed by atoms with Gasteiger partial charge in [-0.1, -0.05) is 18.2 Å². The van der Waals surface area contributed by atoms with Crippen molar-refractivity contribution in [3.05, 3.63) is 68.5 Å². The number of carbonyl (C=O) groups excluding carboxylic acids is 1. The first-order valence-corrected chi connectivity index (χ1v) is 10.5. The molecule has 0 radical (unpaired) electrons. The number of hydrogen-bond donors (Lipinski definition) is 3. The monoisotopic (exact) mass is 451 g/mol. The number of amides is 1. The molecule has 2 aromatic carbocycles. The van der Waals surface area contributed by atoms with Gasteiger partial charge in [0.05, 0.1) is 16.1 Å². The third-order valence-corrected chi connectivity index (χ3v) is 6.19. The minimum Gasteiger partial charge on any atom is -0.493 e. The van der Waals surface area contributed by atoms with Crippen LogP contribution in [0.5, 0.6) is 5.88 Å². The maximum Gasteiger partial charge on any atom is 0.335 e. The van der Waals surface area contributed by atoms with Crippen molar-refractivity contribution in [1.29, 1.82) is 0 Å². The third kappa shape index (κ3) is 4.05. The molecular formula is C22H17N3O4S2. The van der Waals surface area contributed by atoms with Crippen molar-refractivity contribution in [3.8, 4) is 5.88 Å². The van der Waals surface area contributed by atoms with Gasteiger partial charge in [-0.3, -0.25) is 14.4 Å². The molecule has 0 saturated carbocycles. The van der Waals surface area contributed by atoms with Crippen LogP contribution in [0.3, 0.4) is 0 Å². The van der Waals surface area contributed by atoms with E-state index in [4.69, 9.17) is 17.3 Å². The molecule has 7 nitrogen and oxygen atoms in total. The number of allylic oxidation sites excluding steroid dienone is 1. The SMILES string of the molecule is CC(C(=O)Nc1ccc(C(=O)O)cc1)n1c(O)c(/C=C2\C=Nc3ccccc32)sc1=S. The number of carboxylic acids is 1. The highest BCUT2D eigenvalue weighted by molar-refractivity contribution is 7.73. The van der Waals surface area contributed by atoms with Gasteiger partial charge in [-0.25, -0.2) is 4.79 Å². The summed E-state index contributed by atoms with van der Waals surface area (Å²) < 4.78 is 1.75. The molecule has 0 spiro atoms. The number of fused-ring (bicyclic) bond motifs is 1. The zero-order chi connectivity index (χ0) is 22.1. The number of aromatic hydroxyl groups is 1. The Bertz CT molecular complexity index is 1300. The van der Waals surface area contributed by atoms with Crippen LogP contribution in [-0.2, 0) is 4.79 Å². The molecule has 156 valence electrons. The molecule has 1 atom stereocenters. The molecule has 3 aromatic rings. The molecular weight excluding hydrogens is 434 g/mol. The summed E-state index contributed by atoms with van der Waals surface area (Å²) in [6, 6.07) is 12.7. The number of rotatable bonds is 5. The molecule has 9 heteroatoms. The summed E-state index contributed by atoms with van der Waals surface area (Å²) in [6.07, 6.45) is 3.53. The van der Waals surface area contributed by atoms with Crippen LogP contribution in [0, 0.1) is 3.95 Å². The highest BCUT2D eigenvalue weighted by Gasteiger charge is 2.22. The Morgan fingerprint density at radius 1 is 1.19 bits per heavy atom. The fraction of sp³-hybridized carbons (Fsp3) is 0.0909. The van der Waals surface area contributed by atoms with E-state index >= 15 is 0 Å². The van der Waals surface area contributed by atoms with Crippen LogP contribution < -0.4 is 5.32 Å². The van der Waals surface area contributed by atoms with Crippen LogP contribution in [0.25, 0.3) is 11.6 Å². The van der Waals surface area contributed by atoms with Crippen molar-refractivity contribution in [2.45, 2.75) is 13.0 Å². The molecule has 1 aliphatic rings. The average molecular weight is 452 g/mol. The molecule has 0 fully saturated rings. The van der Waals surface area contributed by atoms with Crippen molar-refractivity contribution in [2.24, 2.45) is 4.99 Å². The van der Waals surface area contributed by atoms with E-state index in [1.54, 1.807) is 19.2 Å². The first-order chi connectivity index (χ1) is 14.8. The lowest BCUT2D eigenvalue weighted by molar-refractivity contribution is -0.118. The highest BCUT2D eigenvalue weighted by Crippen LogP contribution is 2.37. The van der Waals surface area contributed by atoms with Crippen LogP contribution >= 0.6 is 23.6 Å². The third-order valence-electron chi connectivity index (χ3n) is 4.85. The van der Waals surface area contributed by atoms with Gasteiger partial charge < -0.3 is 15.5 Å². The van der Waals surface area contributed by atoms with Gasteiger partial charge in [0.1, 0.15) is 6.04 Å². The lowest BCUT2D eigenvalue weighted by Crippen LogP contribution is -2.23. The number of nitrogens with zero attached hydrogens (tertiary/aromatic N) is 2.